The smallest absolute Gasteiger partial charge is 0.122 e. The first-order valence-corrected chi connectivity index (χ1v) is 5.67. The topological polar surface area (TPSA) is 49.5 Å². The van der Waals surface area contributed by atoms with E-state index in [2.05, 4.69) is 17.1 Å². The molecule has 0 spiro atoms. The van der Waals surface area contributed by atoms with Gasteiger partial charge in [-0.1, -0.05) is 18.2 Å². The fourth-order valence-corrected chi connectivity index (χ4v) is 1.99. The lowest BCUT2D eigenvalue weighted by Crippen LogP contribution is -2.26. The minimum Gasteiger partial charge on any atom is -0.508 e. The molecule has 86 valence electrons. The van der Waals surface area contributed by atoms with E-state index >= 15 is 0 Å². The second kappa shape index (κ2) is 4.58. The summed E-state index contributed by atoms with van der Waals surface area (Å²) in [4.78, 5) is 2.24. The quantitative estimate of drug-likeness (QED) is 0.748. The molecule has 3 nitrogen and oxygen atoms in total. The highest BCUT2D eigenvalue weighted by atomic mass is 16.3. The Morgan fingerprint density at radius 2 is 2.19 bits per heavy atom. The average Bonchev–Trinajstić information content (AvgIpc) is 2.29. The van der Waals surface area contributed by atoms with Gasteiger partial charge in [0, 0.05) is 36.4 Å². The van der Waals surface area contributed by atoms with Crippen LogP contribution in [0.3, 0.4) is 0 Å². The predicted molar refractivity (Wildman–Crippen MR) is 66.7 cm³/mol. The highest BCUT2D eigenvalue weighted by Gasteiger charge is 2.11. The van der Waals surface area contributed by atoms with Gasteiger partial charge in [0.2, 0.25) is 0 Å². The van der Waals surface area contributed by atoms with Crippen LogP contribution in [0.5, 0.6) is 5.75 Å². The minimum atomic E-state index is -0.129. The van der Waals surface area contributed by atoms with E-state index in [4.69, 9.17) is 5.73 Å². The van der Waals surface area contributed by atoms with Gasteiger partial charge in [-0.2, -0.15) is 0 Å². The maximum Gasteiger partial charge on any atom is 0.122 e. The van der Waals surface area contributed by atoms with Gasteiger partial charge in [-0.05, 0) is 19.4 Å². The Bertz CT molecular complexity index is 399. The lowest BCUT2D eigenvalue weighted by atomic mass is 10.1. The molecule has 0 aliphatic carbocycles. The van der Waals surface area contributed by atoms with Crippen LogP contribution < -0.4 is 10.6 Å². The average molecular weight is 218 g/mol. The van der Waals surface area contributed by atoms with E-state index in [0.717, 1.165) is 30.8 Å². The molecule has 1 atom stereocenters. The van der Waals surface area contributed by atoms with Crippen LogP contribution in [0.4, 0.5) is 5.69 Å². The van der Waals surface area contributed by atoms with Crippen LogP contribution in [0.15, 0.2) is 30.4 Å². The Balaban J connectivity index is 2.23. The number of phenolic OH excluding ortho intramolecular Hbond substituents is 1. The summed E-state index contributed by atoms with van der Waals surface area (Å²) in [6.07, 6.45) is 5.41. The Morgan fingerprint density at radius 3 is 2.75 bits per heavy atom. The Labute approximate surface area is 96.2 Å². The summed E-state index contributed by atoms with van der Waals surface area (Å²) in [6, 6.07) is 5.61. The molecule has 1 unspecified atom stereocenters. The van der Waals surface area contributed by atoms with Gasteiger partial charge in [0.1, 0.15) is 5.75 Å². The summed E-state index contributed by atoms with van der Waals surface area (Å²) in [5.74, 6) is 0.294. The maximum absolute atomic E-state index is 9.87. The number of hydrogen-bond donors (Lipinski definition) is 2. The molecule has 0 amide bonds. The number of hydrogen-bond acceptors (Lipinski definition) is 3. The SMILES string of the molecule is CC(N)c1ccc(N2CC=CCC2)cc1O. The van der Waals surface area contributed by atoms with Gasteiger partial charge >= 0.3 is 0 Å². The zero-order valence-corrected chi connectivity index (χ0v) is 9.56. The number of benzene rings is 1. The van der Waals surface area contributed by atoms with Crippen LogP contribution in [-0.2, 0) is 0 Å². The highest BCUT2D eigenvalue weighted by molar-refractivity contribution is 5.54. The molecule has 1 aromatic carbocycles. The number of rotatable bonds is 2. The number of nitrogens with two attached hydrogens (primary N) is 1. The van der Waals surface area contributed by atoms with E-state index in [0.29, 0.717) is 5.75 Å². The van der Waals surface area contributed by atoms with E-state index in [1.54, 1.807) is 6.07 Å². The number of aromatic hydroxyl groups is 1. The van der Waals surface area contributed by atoms with E-state index < -0.39 is 0 Å². The highest BCUT2D eigenvalue weighted by Crippen LogP contribution is 2.28. The zero-order valence-electron chi connectivity index (χ0n) is 9.56. The number of phenols is 1. The molecule has 0 saturated carbocycles. The fourth-order valence-electron chi connectivity index (χ4n) is 1.99. The van der Waals surface area contributed by atoms with Gasteiger partial charge in [0.05, 0.1) is 0 Å². The van der Waals surface area contributed by atoms with Gasteiger partial charge in [0.15, 0.2) is 0 Å². The first-order valence-electron chi connectivity index (χ1n) is 5.67. The molecule has 0 aromatic heterocycles. The van der Waals surface area contributed by atoms with Crippen molar-refractivity contribution in [3.05, 3.63) is 35.9 Å². The summed E-state index contributed by atoms with van der Waals surface area (Å²) < 4.78 is 0. The summed E-state index contributed by atoms with van der Waals surface area (Å²) >= 11 is 0. The third-order valence-electron chi connectivity index (χ3n) is 2.93. The normalized spacial score (nSPS) is 17.5. The molecule has 3 heteroatoms. The summed E-state index contributed by atoms with van der Waals surface area (Å²) in [7, 11) is 0. The van der Waals surface area contributed by atoms with Crippen molar-refractivity contribution in [3.63, 3.8) is 0 Å². The third-order valence-corrected chi connectivity index (χ3v) is 2.93. The third kappa shape index (κ3) is 2.19. The molecule has 0 radical (unpaired) electrons. The largest absolute Gasteiger partial charge is 0.508 e. The van der Waals surface area contributed by atoms with E-state index in [1.165, 1.54) is 0 Å². The van der Waals surface area contributed by atoms with Crippen LogP contribution in [0.1, 0.15) is 24.9 Å². The van der Waals surface area contributed by atoms with E-state index in [9.17, 15) is 5.11 Å². The van der Waals surface area contributed by atoms with Crippen LogP contribution in [-0.4, -0.2) is 18.2 Å². The molecule has 1 heterocycles. The van der Waals surface area contributed by atoms with E-state index in [1.807, 2.05) is 19.1 Å². The molecule has 1 aromatic rings. The van der Waals surface area contributed by atoms with Crippen molar-refractivity contribution in [1.29, 1.82) is 0 Å². The van der Waals surface area contributed by atoms with Gasteiger partial charge in [-0.3, -0.25) is 0 Å². The van der Waals surface area contributed by atoms with Crippen LogP contribution in [0.25, 0.3) is 0 Å². The molecule has 0 saturated heterocycles. The van der Waals surface area contributed by atoms with Gasteiger partial charge in [-0.15, -0.1) is 0 Å². The fraction of sp³-hybridized carbons (Fsp3) is 0.385. The maximum atomic E-state index is 9.87. The van der Waals surface area contributed by atoms with Crippen molar-refractivity contribution >= 4 is 5.69 Å². The predicted octanol–water partition coefficient (Wildman–Crippen LogP) is 2.18. The van der Waals surface area contributed by atoms with Crippen LogP contribution in [0, 0.1) is 0 Å². The first kappa shape index (κ1) is 11.0. The van der Waals surface area contributed by atoms with Crippen molar-refractivity contribution < 1.29 is 5.11 Å². The lowest BCUT2D eigenvalue weighted by Gasteiger charge is -2.26. The minimum absolute atomic E-state index is 0.129. The van der Waals surface area contributed by atoms with Crippen LogP contribution in [0.2, 0.25) is 0 Å². The standard InChI is InChI=1S/C13H18N2O/c1-10(14)12-6-5-11(9-13(12)16)15-7-3-2-4-8-15/h2-3,5-6,9-10,16H,4,7-8,14H2,1H3. The van der Waals surface area contributed by atoms with Crippen molar-refractivity contribution in [2.24, 2.45) is 5.73 Å². The molecule has 2 rings (SSSR count). The van der Waals surface area contributed by atoms with E-state index in [-0.39, 0.29) is 6.04 Å². The monoisotopic (exact) mass is 218 g/mol. The Kier molecular flexibility index (Phi) is 3.15. The second-order valence-corrected chi connectivity index (χ2v) is 4.24. The zero-order chi connectivity index (χ0) is 11.5. The molecule has 1 aliphatic rings. The van der Waals surface area contributed by atoms with Gasteiger partial charge < -0.3 is 15.7 Å². The molecule has 3 N–H and O–H groups in total. The lowest BCUT2D eigenvalue weighted by molar-refractivity contribution is 0.463. The number of anilines is 1. The Hall–Kier alpha value is -1.48. The first-order chi connectivity index (χ1) is 7.68. The molecular weight excluding hydrogens is 200 g/mol. The van der Waals surface area contributed by atoms with Gasteiger partial charge in [0.25, 0.3) is 0 Å². The van der Waals surface area contributed by atoms with Gasteiger partial charge in [-0.25, -0.2) is 0 Å². The molecule has 0 bridgehead atoms. The molecule has 16 heavy (non-hydrogen) atoms. The molecular formula is C13H18N2O. The summed E-state index contributed by atoms with van der Waals surface area (Å²) in [5, 5.41) is 9.87. The second-order valence-electron chi connectivity index (χ2n) is 4.24. The summed E-state index contributed by atoms with van der Waals surface area (Å²) in [5.41, 5.74) is 7.62. The van der Waals surface area contributed by atoms with Crippen LogP contribution >= 0.6 is 0 Å². The van der Waals surface area contributed by atoms with Crippen molar-refractivity contribution in [2.75, 3.05) is 18.0 Å². The number of nitrogens with zero attached hydrogens (tertiary/aromatic N) is 1. The van der Waals surface area contributed by atoms with Crippen molar-refractivity contribution in [2.45, 2.75) is 19.4 Å². The summed E-state index contributed by atoms with van der Waals surface area (Å²) in [6.45, 7) is 3.79. The molecule has 1 aliphatic heterocycles. The Morgan fingerprint density at radius 1 is 1.38 bits per heavy atom. The van der Waals surface area contributed by atoms with Crippen molar-refractivity contribution in [1.82, 2.24) is 0 Å². The van der Waals surface area contributed by atoms with Crippen molar-refractivity contribution in [3.8, 4) is 5.75 Å². The molecule has 0 fully saturated rings.